The van der Waals surface area contributed by atoms with Gasteiger partial charge >= 0.3 is 0 Å². The summed E-state index contributed by atoms with van der Waals surface area (Å²) in [6.07, 6.45) is 3.88. The molecule has 2 nitrogen and oxygen atoms in total. The Hall–Kier alpha value is -0.0800. The number of nitrogens with one attached hydrogen (secondary N) is 1. The van der Waals surface area contributed by atoms with Crippen LogP contribution >= 0.6 is 0 Å². The second kappa shape index (κ2) is 4.42. The molecular formula is C13H25NO. The van der Waals surface area contributed by atoms with Gasteiger partial charge in [-0.05, 0) is 37.1 Å². The van der Waals surface area contributed by atoms with E-state index in [9.17, 15) is 0 Å². The summed E-state index contributed by atoms with van der Waals surface area (Å²) in [7, 11) is 0. The number of hydrogen-bond donors (Lipinski definition) is 1. The van der Waals surface area contributed by atoms with E-state index in [-0.39, 0.29) is 0 Å². The Morgan fingerprint density at radius 2 is 2.20 bits per heavy atom. The minimum Gasteiger partial charge on any atom is -0.381 e. The maximum Gasteiger partial charge on any atom is 0.0510 e. The molecule has 3 atom stereocenters. The average Bonchev–Trinajstić information content (AvgIpc) is 2.68. The Balaban J connectivity index is 1.91. The summed E-state index contributed by atoms with van der Waals surface area (Å²) in [6.45, 7) is 10.2. The van der Waals surface area contributed by atoms with E-state index in [2.05, 4.69) is 26.1 Å². The molecule has 1 aliphatic carbocycles. The molecule has 0 aromatic heterocycles. The normalized spacial score (nSPS) is 35.4. The van der Waals surface area contributed by atoms with Crippen molar-refractivity contribution in [3.63, 3.8) is 0 Å². The Bertz CT molecular complexity index is 204. The van der Waals surface area contributed by atoms with Crippen LogP contribution in [0.2, 0.25) is 0 Å². The SMILES string of the molecule is CCCNC(C1CCOC1)C1CC1(C)C. The Morgan fingerprint density at radius 1 is 1.47 bits per heavy atom. The largest absolute Gasteiger partial charge is 0.381 e. The molecule has 1 saturated carbocycles. The van der Waals surface area contributed by atoms with Crippen molar-refractivity contribution in [2.24, 2.45) is 17.3 Å². The van der Waals surface area contributed by atoms with E-state index in [0.29, 0.717) is 11.5 Å². The first-order valence-electron chi connectivity index (χ1n) is 6.46. The van der Waals surface area contributed by atoms with Gasteiger partial charge in [-0.2, -0.15) is 0 Å². The zero-order chi connectivity index (χ0) is 10.9. The van der Waals surface area contributed by atoms with Crippen LogP contribution in [0.15, 0.2) is 0 Å². The monoisotopic (exact) mass is 211 g/mol. The maximum absolute atomic E-state index is 5.52. The quantitative estimate of drug-likeness (QED) is 0.754. The molecule has 0 aromatic carbocycles. The van der Waals surface area contributed by atoms with Crippen molar-refractivity contribution >= 4 is 0 Å². The van der Waals surface area contributed by atoms with Crippen molar-refractivity contribution in [1.29, 1.82) is 0 Å². The molecule has 2 rings (SSSR count). The van der Waals surface area contributed by atoms with Crippen molar-refractivity contribution in [2.75, 3.05) is 19.8 Å². The molecule has 2 aliphatic rings. The lowest BCUT2D eigenvalue weighted by molar-refractivity contribution is 0.170. The highest BCUT2D eigenvalue weighted by Crippen LogP contribution is 2.55. The predicted octanol–water partition coefficient (Wildman–Crippen LogP) is 2.44. The van der Waals surface area contributed by atoms with Crippen LogP contribution in [0.25, 0.3) is 0 Å². The zero-order valence-electron chi connectivity index (χ0n) is 10.4. The van der Waals surface area contributed by atoms with Gasteiger partial charge in [0.1, 0.15) is 0 Å². The van der Waals surface area contributed by atoms with Gasteiger partial charge in [-0.15, -0.1) is 0 Å². The third-order valence-electron chi connectivity index (χ3n) is 4.13. The van der Waals surface area contributed by atoms with E-state index < -0.39 is 0 Å². The molecule has 1 saturated heterocycles. The second-order valence-corrected chi connectivity index (χ2v) is 5.90. The third-order valence-corrected chi connectivity index (χ3v) is 4.13. The molecule has 1 N–H and O–H groups in total. The molecule has 88 valence electrons. The van der Waals surface area contributed by atoms with E-state index in [0.717, 1.165) is 31.6 Å². The lowest BCUT2D eigenvalue weighted by Crippen LogP contribution is -2.40. The lowest BCUT2D eigenvalue weighted by Gasteiger charge is -2.25. The summed E-state index contributed by atoms with van der Waals surface area (Å²) in [5, 5.41) is 3.75. The fourth-order valence-corrected chi connectivity index (χ4v) is 2.91. The molecule has 0 radical (unpaired) electrons. The van der Waals surface area contributed by atoms with Gasteiger partial charge in [0.2, 0.25) is 0 Å². The van der Waals surface area contributed by atoms with Crippen LogP contribution < -0.4 is 5.32 Å². The van der Waals surface area contributed by atoms with Crippen molar-refractivity contribution in [3.05, 3.63) is 0 Å². The Morgan fingerprint density at radius 3 is 2.67 bits per heavy atom. The molecule has 3 unspecified atom stereocenters. The van der Waals surface area contributed by atoms with Crippen LogP contribution in [-0.4, -0.2) is 25.8 Å². The summed E-state index contributed by atoms with van der Waals surface area (Å²) in [5.41, 5.74) is 0.577. The Labute approximate surface area is 93.8 Å². The summed E-state index contributed by atoms with van der Waals surface area (Å²) >= 11 is 0. The standard InChI is InChI=1S/C13H25NO/c1-4-6-14-12(10-5-7-15-9-10)11-8-13(11,2)3/h10-12,14H,4-9H2,1-3H3. The first-order valence-corrected chi connectivity index (χ1v) is 6.46. The van der Waals surface area contributed by atoms with Crippen LogP contribution in [-0.2, 0) is 4.74 Å². The van der Waals surface area contributed by atoms with Gasteiger partial charge in [0.25, 0.3) is 0 Å². The van der Waals surface area contributed by atoms with Crippen LogP contribution in [0.5, 0.6) is 0 Å². The first-order chi connectivity index (χ1) is 7.15. The smallest absolute Gasteiger partial charge is 0.0510 e. The van der Waals surface area contributed by atoms with Gasteiger partial charge in [0, 0.05) is 18.6 Å². The van der Waals surface area contributed by atoms with Gasteiger partial charge in [-0.3, -0.25) is 0 Å². The summed E-state index contributed by atoms with van der Waals surface area (Å²) in [4.78, 5) is 0. The third kappa shape index (κ3) is 2.54. The fourth-order valence-electron chi connectivity index (χ4n) is 2.91. The van der Waals surface area contributed by atoms with E-state index in [1.807, 2.05) is 0 Å². The lowest BCUT2D eigenvalue weighted by atomic mass is 9.91. The minimum atomic E-state index is 0.577. The highest BCUT2D eigenvalue weighted by atomic mass is 16.5. The van der Waals surface area contributed by atoms with Crippen molar-refractivity contribution in [3.8, 4) is 0 Å². The first kappa shape index (κ1) is 11.4. The Kier molecular flexibility index (Phi) is 3.36. The average molecular weight is 211 g/mol. The number of ether oxygens (including phenoxy) is 1. The minimum absolute atomic E-state index is 0.577. The summed E-state index contributed by atoms with van der Waals surface area (Å²) in [6, 6.07) is 0.711. The van der Waals surface area contributed by atoms with Crippen molar-refractivity contribution in [1.82, 2.24) is 5.32 Å². The summed E-state index contributed by atoms with van der Waals surface area (Å²) in [5.74, 6) is 1.65. The highest BCUT2D eigenvalue weighted by Gasteiger charge is 2.52. The molecule has 2 fully saturated rings. The van der Waals surface area contributed by atoms with Gasteiger partial charge in [0.15, 0.2) is 0 Å². The van der Waals surface area contributed by atoms with Gasteiger partial charge in [-0.25, -0.2) is 0 Å². The zero-order valence-corrected chi connectivity index (χ0v) is 10.4. The molecule has 1 heterocycles. The molecule has 0 amide bonds. The van der Waals surface area contributed by atoms with Gasteiger partial charge < -0.3 is 10.1 Å². The van der Waals surface area contributed by atoms with E-state index in [1.165, 1.54) is 19.3 Å². The number of hydrogen-bond acceptors (Lipinski definition) is 2. The molecule has 15 heavy (non-hydrogen) atoms. The summed E-state index contributed by atoms with van der Waals surface area (Å²) < 4.78 is 5.52. The molecular weight excluding hydrogens is 186 g/mol. The molecule has 0 aromatic rings. The maximum atomic E-state index is 5.52. The van der Waals surface area contributed by atoms with E-state index in [4.69, 9.17) is 4.74 Å². The van der Waals surface area contributed by atoms with Crippen LogP contribution in [0.1, 0.15) is 40.0 Å². The van der Waals surface area contributed by atoms with Crippen LogP contribution in [0.3, 0.4) is 0 Å². The fraction of sp³-hybridized carbons (Fsp3) is 1.00. The number of rotatable bonds is 5. The highest BCUT2D eigenvalue weighted by molar-refractivity contribution is 5.04. The van der Waals surface area contributed by atoms with E-state index >= 15 is 0 Å². The second-order valence-electron chi connectivity index (χ2n) is 5.90. The topological polar surface area (TPSA) is 21.3 Å². The molecule has 0 bridgehead atoms. The van der Waals surface area contributed by atoms with E-state index in [1.54, 1.807) is 0 Å². The van der Waals surface area contributed by atoms with Gasteiger partial charge in [-0.1, -0.05) is 20.8 Å². The van der Waals surface area contributed by atoms with Crippen LogP contribution in [0, 0.1) is 17.3 Å². The molecule has 2 heteroatoms. The predicted molar refractivity (Wildman–Crippen MR) is 62.9 cm³/mol. The van der Waals surface area contributed by atoms with Crippen molar-refractivity contribution in [2.45, 2.75) is 46.1 Å². The van der Waals surface area contributed by atoms with Crippen LogP contribution in [0.4, 0.5) is 0 Å². The van der Waals surface area contributed by atoms with Crippen molar-refractivity contribution < 1.29 is 4.74 Å². The molecule has 0 spiro atoms. The van der Waals surface area contributed by atoms with Gasteiger partial charge in [0.05, 0.1) is 6.61 Å². The molecule has 1 aliphatic heterocycles.